The Kier molecular flexibility index (Phi) is 4.98. The molecule has 2 aromatic carbocycles. The number of aromatic nitrogens is 2. The van der Waals surface area contributed by atoms with Crippen molar-refractivity contribution in [2.24, 2.45) is 0 Å². The van der Waals surface area contributed by atoms with Gasteiger partial charge in [0.2, 0.25) is 0 Å². The number of nitrogens with one attached hydrogen (secondary N) is 1. The molecule has 0 fully saturated rings. The largest absolute Gasteiger partial charge is 0.507 e. The highest BCUT2D eigenvalue weighted by Gasteiger charge is 2.42. The molecule has 3 N–H and O–H groups in total. The van der Waals surface area contributed by atoms with Crippen LogP contribution in [0.2, 0.25) is 0 Å². The molecule has 0 bridgehead atoms. The second kappa shape index (κ2) is 7.60. The van der Waals surface area contributed by atoms with E-state index in [0.29, 0.717) is 34.9 Å². The van der Waals surface area contributed by atoms with Crippen LogP contribution >= 0.6 is 0 Å². The highest BCUT2D eigenvalue weighted by molar-refractivity contribution is 6.00. The number of aryl methyl sites for hydroxylation is 1. The third kappa shape index (κ3) is 3.23. The number of carbonyl (C=O) groups is 1. The number of aliphatic hydroxyl groups excluding tert-OH is 1. The smallest absolute Gasteiger partial charge is 0.273 e. The number of aliphatic hydroxyl groups is 1. The molecule has 150 valence electrons. The monoisotopic (exact) mass is 393 g/mol. The SMILES string of the molecule is CCOc1cccc([C@H]2c3c(-c4cc(C)ccc4O)n[nH]c3C(=O)N2CCO)c1. The minimum absolute atomic E-state index is 0.0970. The number of β-amino-alcohol motifs (C(OH)–C–C–N with tert-alkyl or cyclic N) is 1. The van der Waals surface area contributed by atoms with E-state index in [1.165, 1.54) is 0 Å². The van der Waals surface area contributed by atoms with E-state index in [1.54, 1.807) is 11.0 Å². The fourth-order valence-electron chi connectivity index (χ4n) is 3.87. The van der Waals surface area contributed by atoms with Gasteiger partial charge < -0.3 is 19.8 Å². The molecule has 0 radical (unpaired) electrons. The molecule has 1 aliphatic rings. The van der Waals surface area contributed by atoms with E-state index in [2.05, 4.69) is 10.2 Å². The number of H-pyrrole nitrogens is 1. The van der Waals surface area contributed by atoms with Gasteiger partial charge in [-0.3, -0.25) is 9.89 Å². The van der Waals surface area contributed by atoms with Gasteiger partial charge in [0, 0.05) is 17.7 Å². The van der Waals surface area contributed by atoms with Crippen molar-refractivity contribution in [3.05, 3.63) is 64.8 Å². The molecule has 0 unspecified atom stereocenters. The summed E-state index contributed by atoms with van der Waals surface area (Å²) >= 11 is 0. The average molecular weight is 393 g/mol. The van der Waals surface area contributed by atoms with Crippen LogP contribution in [0.15, 0.2) is 42.5 Å². The fourth-order valence-corrected chi connectivity index (χ4v) is 3.87. The molecule has 1 amide bonds. The van der Waals surface area contributed by atoms with E-state index in [4.69, 9.17) is 4.74 Å². The van der Waals surface area contributed by atoms with Crippen LogP contribution in [-0.2, 0) is 0 Å². The van der Waals surface area contributed by atoms with Gasteiger partial charge in [0.05, 0.1) is 19.3 Å². The normalized spacial score (nSPS) is 15.6. The molecular weight excluding hydrogens is 370 g/mol. The lowest BCUT2D eigenvalue weighted by Crippen LogP contribution is -2.32. The van der Waals surface area contributed by atoms with E-state index in [-0.39, 0.29) is 24.8 Å². The number of rotatable bonds is 6. The molecule has 7 nitrogen and oxygen atoms in total. The molecule has 29 heavy (non-hydrogen) atoms. The fraction of sp³-hybridized carbons (Fsp3) is 0.273. The van der Waals surface area contributed by atoms with Crippen molar-refractivity contribution in [2.75, 3.05) is 19.8 Å². The van der Waals surface area contributed by atoms with Gasteiger partial charge in [0.15, 0.2) is 0 Å². The van der Waals surface area contributed by atoms with E-state index in [0.717, 1.165) is 11.1 Å². The van der Waals surface area contributed by atoms with Crippen LogP contribution in [0.5, 0.6) is 11.5 Å². The Morgan fingerprint density at radius 2 is 2.07 bits per heavy atom. The summed E-state index contributed by atoms with van der Waals surface area (Å²) in [6.07, 6.45) is 0. The molecule has 1 aliphatic heterocycles. The molecule has 2 heterocycles. The van der Waals surface area contributed by atoms with Gasteiger partial charge in [-0.1, -0.05) is 23.8 Å². The summed E-state index contributed by atoms with van der Waals surface area (Å²) in [5.41, 5.74) is 3.99. The zero-order valence-corrected chi connectivity index (χ0v) is 16.3. The lowest BCUT2D eigenvalue weighted by atomic mass is 9.95. The molecular formula is C22H23N3O4. The van der Waals surface area contributed by atoms with E-state index < -0.39 is 6.04 Å². The predicted octanol–water partition coefficient (Wildman–Crippen LogP) is 3.03. The minimum atomic E-state index is -0.446. The summed E-state index contributed by atoms with van der Waals surface area (Å²) < 4.78 is 5.63. The van der Waals surface area contributed by atoms with Gasteiger partial charge in [-0.2, -0.15) is 5.10 Å². The van der Waals surface area contributed by atoms with Crippen molar-refractivity contribution < 1.29 is 19.7 Å². The molecule has 7 heteroatoms. The first-order valence-electron chi connectivity index (χ1n) is 9.58. The number of nitrogens with zero attached hydrogens (tertiary/aromatic N) is 2. The molecule has 0 saturated heterocycles. The maximum atomic E-state index is 13.0. The first-order chi connectivity index (χ1) is 14.0. The third-order valence-electron chi connectivity index (χ3n) is 5.10. The molecule has 0 spiro atoms. The van der Waals surface area contributed by atoms with Crippen LogP contribution in [0, 0.1) is 6.92 Å². The number of hydrogen-bond acceptors (Lipinski definition) is 5. The zero-order chi connectivity index (χ0) is 20.5. The minimum Gasteiger partial charge on any atom is -0.507 e. The average Bonchev–Trinajstić information content (AvgIpc) is 3.24. The first kappa shape index (κ1) is 19.0. The van der Waals surface area contributed by atoms with Crippen LogP contribution in [0.1, 0.15) is 40.1 Å². The van der Waals surface area contributed by atoms with Gasteiger partial charge >= 0.3 is 0 Å². The number of amides is 1. The number of aromatic amines is 1. The second-order valence-corrected chi connectivity index (χ2v) is 7.01. The number of hydrogen-bond donors (Lipinski definition) is 3. The number of aromatic hydroxyl groups is 1. The zero-order valence-electron chi connectivity index (χ0n) is 16.3. The quantitative estimate of drug-likeness (QED) is 0.598. The first-order valence-corrected chi connectivity index (χ1v) is 9.58. The van der Waals surface area contributed by atoms with Gasteiger partial charge in [0.1, 0.15) is 22.9 Å². The lowest BCUT2D eigenvalue weighted by Gasteiger charge is -2.26. The number of phenolic OH excluding ortho intramolecular Hbond substituents is 1. The molecule has 0 saturated carbocycles. The molecule has 1 aromatic heterocycles. The van der Waals surface area contributed by atoms with Gasteiger partial charge in [-0.25, -0.2) is 0 Å². The Morgan fingerprint density at radius 3 is 2.83 bits per heavy atom. The highest BCUT2D eigenvalue weighted by Crippen LogP contribution is 2.44. The second-order valence-electron chi connectivity index (χ2n) is 7.01. The summed E-state index contributed by atoms with van der Waals surface area (Å²) in [4.78, 5) is 14.6. The predicted molar refractivity (Wildman–Crippen MR) is 108 cm³/mol. The Morgan fingerprint density at radius 1 is 1.24 bits per heavy atom. The van der Waals surface area contributed by atoms with Gasteiger partial charge in [0.25, 0.3) is 5.91 Å². The van der Waals surface area contributed by atoms with Crippen molar-refractivity contribution in [3.63, 3.8) is 0 Å². The summed E-state index contributed by atoms with van der Waals surface area (Å²) in [6, 6.07) is 12.4. The van der Waals surface area contributed by atoms with Crippen LogP contribution in [-0.4, -0.2) is 51.0 Å². The maximum absolute atomic E-state index is 13.0. The summed E-state index contributed by atoms with van der Waals surface area (Å²) in [5, 5.41) is 27.2. The van der Waals surface area contributed by atoms with Crippen molar-refractivity contribution in [1.82, 2.24) is 15.1 Å². The number of phenols is 1. The summed E-state index contributed by atoms with van der Waals surface area (Å²) in [7, 11) is 0. The van der Waals surface area contributed by atoms with E-state index in [9.17, 15) is 15.0 Å². The molecule has 4 rings (SSSR count). The van der Waals surface area contributed by atoms with Crippen LogP contribution < -0.4 is 4.74 Å². The Balaban J connectivity index is 1.90. The molecule has 3 aromatic rings. The van der Waals surface area contributed by atoms with Crippen LogP contribution in [0.4, 0.5) is 0 Å². The number of carbonyl (C=O) groups excluding carboxylic acids is 1. The van der Waals surface area contributed by atoms with Gasteiger partial charge in [-0.05, 0) is 43.7 Å². The Labute approximate surface area is 168 Å². The van der Waals surface area contributed by atoms with Crippen molar-refractivity contribution in [1.29, 1.82) is 0 Å². The summed E-state index contributed by atoms with van der Waals surface area (Å²) in [6.45, 7) is 4.41. The van der Waals surface area contributed by atoms with Crippen LogP contribution in [0.25, 0.3) is 11.3 Å². The number of fused-ring (bicyclic) bond motifs is 1. The third-order valence-corrected chi connectivity index (χ3v) is 5.10. The topological polar surface area (TPSA) is 98.7 Å². The molecule has 1 atom stereocenters. The number of benzene rings is 2. The van der Waals surface area contributed by atoms with E-state index >= 15 is 0 Å². The maximum Gasteiger partial charge on any atom is 0.273 e. The van der Waals surface area contributed by atoms with Gasteiger partial charge in [-0.15, -0.1) is 0 Å². The van der Waals surface area contributed by atoms with E-state index in [1.807, 2.05) is 50.2 Å². The van der Waals surface area contributed by atoms with Crippen LogP contribution in [0.3, 0.4) is 0 Å². The van der Waals surface area contributed by atoms with Crippen molar-refractivity contribution >= 4 is 5.91 Å². The Bertz CT molecular complexity index is 1060. The van der Waals surface area contributed by atoms with Crippen molar-refractivity contribution in [3.8, 4) is 22.8 Å². The number of ether oxygens (including phenoxy) is 1. The summed E-state index contributed by atoms with van der Waals surface area (Å²) in [5.74, 6) is 0.574. The van der Waals surface area contributed by atoms with Crippen molar-refractivity contribution in [2.45, 2.75) is 19.9 Å². The Hall–Kier alpha value is -3.32. The standard InChI is InChI=1S/C22H23N3O4/c1-3-29-15-6-4-5-14(12-15)21-18-19(16-11-13(2)7-8-17(16)27)23-24-20(18)22(28)25(21)9-10-26/h4-8,11-12,21,26-27H,3,9-10H2,1-2H3,(H,23,24)/t21-/m0/s1. The highest BCUT2D eigenvalue weighted by atomic mass is 16.5. The molecule has 0 aliphatic carbocycles. The lowest BCUT2D eigenvalue weighted by molar-refractivity contribution is 0.0706.